The van der Waals surface area contributed by atoms with Crippen LogP contribution in [0.25, 0.3) is 22.3 Å². The number of nitrogens with zero attached hydrogens (tertiary/aromatic N) is 6. The summed E-state index contributed by atoms with van der Waals surface area (Å²) in [5.41, 5.74) is -1.36. The number of phenolic OH excluding ortho intramolecular Hbond substituents is 1. The summed E-state index contributed by atoms with van der Waals surface area (Å²) in [6.45, 7) is 1.56. The monoisotopic (exact) mass is 518 g/mol. The van der Waals surface area contributed by atoms with Crippen LogP contribution < -0.4 is 9.80 Å². The molecule has 37 heavy (non-hydrogen) atoms. The molecule has 3 heterocycles. The van der Waals surface area contributed by atoms with E-state index < -0.39 is 34.7 Å². The number of aromatic nitrogens is 4. The molecule has 1 N–H and O–H groups in total. The standard InChI is InChI=1S/C25H23F5N6O/c1-34(13-15-9-6-10-36(15)14-7-4-3-5-8-14)24-31-12-17-21(33-35(2)23(17)32-24)16-11-18(25(28,29)30)20(27)22(37)19(16)26/h3-5,7-8,11-12,15,37H,6,9-10,13H2,1-2H3/t15-/m1/s1. The Kier molecular flexibility index (Phi) is 6.12. The second-order valence-electron chi connectivity index (χ2n) is 9.03. The van der Waals surface area contributed by atoms with Gasteiger partial charge in [0.15, 0.2) is 23.0 Å². The highest BCUT2D eigenvalue weighted by atomic mass is 19.4. The minimum absolute atomic E-state index is 0.157. The smallest absolute Gasteiger partial charge is 0.419 e. The van der Waals surface area contributed by atoms with Crippen molar-refractivity contribution in [3.63, 3.8) is 0 Å². The zero-order valence-electron chi connectivity index (χ0n) is 20.0. The minimum Gasteiger partial charge on any atom is -0.503 e. The van der Waals surface area contributed by atoms with Gasteiger partial charge in [-0.05, 0) is 31.0 Å². The van der Waals surface area contributed by atoms with Crippen LogP contribution in [0, 0.1) is 11.6 Å². The van der Waals surface area contributed by atoms with Gasteiger partial charge in [-0.3, -0.25) is 0 Å². The van der Waals surface area contributed by atoms with Gasteiger partial charge in [0.1, 0.15) is 5.69 Å². The highest BCUT2D eigenvalue weighted by Crippen LogP contribution is 2.41. The second-order valence-corrected chi connectivity index (χ2v) is 9.03. The van der Waals surface area contributed by atoms with Crippen LogP contribution in [0.1, 0.15) is 18.4 Å². The van der Waals surface area contributed by atoms with E-state index in [0.29, 0.717) is 18.6 Å². The maximum absolute atomic E-state index is 14.7. The van der Waals surface area contributed by atoms with Crippen LogP contribution in [0.2, 0.25) is 0 Å². The first-order valence-electron chi connectivity index (χ1n) is 11.6. The lowest BCUT2D eigenvalue weighted by Gasteiger charge is -2.30. The molecular weight excluding hydrogens is 495 g/mol. The molecule has 0 radical (unpaired) electrons. The lowest BCUT2D eigenvalue weighted by atomic mass is 10.0. The Morgan fingerprint density at radius 2 is 1.86 bits per heavy atom. The van der Waals surface area contributed by atoms with E-state index in [2.05, 4.69) is 32.1 Å². The van der Waals surface area contributed by atoms with Crippen molar-refractivity contribution in [2.24, 2.45) is 7.05 Å². The van der Waals surface area contributed by atoms with Crippen molar-refractivity contribution < 1.29 is 27.1 Å². The van der Waals surface area contributed by atoms with Crippen molar-refractivity contribution in [3.8, 4) is 17.0 Å². The fourth-order valence-corrected chi connectivity index (χ4v) is 4.80. The highest BCUT2D eigenvalue weighted by molar-refractivity contribution is 5.91. The summed E-state index contributed by atoms with van der Waals surface area (Å²) in [4.78, 5) is 13.1. The van der Waals surface area contributed by atoms with Gasteiger partial charge >= 0.3 is 6.18 Å². The molecule has 12 heteroatoms. The molecule has 5 rings (SSSR count). The lowest BCUT2D eigenvalue weighted by Crippen LogP contribution is -2.39. The summed E-state index contributed by atoms with van der Waals surface area (Å²) in [6.07, 6.45) is -1.76. The summed E-state index contributed by atoms with van der Waals surface area (Å²) in [6, 6.07) is 10.6. The fourth-order valence-electron chi connectivity index (χ4n) is 4.80. The summed E-state index contributed by atoms with van der Waals surface area (Å²) in [5, 5.41) is 14.0. The Balaban J connectivity index is 1.48. The van der Waals surface area contributed by atoms with Crippen LogP contribution in [-0.2, 0) is 13.2 Å². The molecule has 0 bridgehead atoms. The van der Waals surface area contributed by atoms with Crippen LogP contribution in [0.5, 0.6) is 5.75 Å². The van der Waals surface area contributed by atoms with Gasteiger partial charge in [-0.25, -0.2) is 18.4 Å². The summed E-state index contributed by atoms with van der Waals surface area (Å²) in [5.74, 6) is -4.99. The Bertz CT molecular complexity index is 1460. The largest absolute Gasteiger partial charge is 0.503 e. The van der Waals surface area contributed by atoms with Crippen LogP contribution in [0.3, 0.4) is 0 Å². The second kappa shape index (κ2) is 9.16. The van der Waals surface area contributed by atoms with Crippen molar-refractivity contribution in [1.82, 2.24) is 19.7 Å². The van der Waals surface area contributed by atoms with E-state index in [0.717, 1.165) is 25.1 Å². The van der Waals surface area contributed by atoms with Crippen molar-refractivity contribution >= 4 is 22.7 Å². The van der Waals surface area contributed by atoms with E-state index in [1.807, 2.05) is 30.1 Å². The molecule has 0 aliphatic carbocycles. The number of halogens is 5. The van der Waals surface area contributed by atoms with Crippen LogP contribution >= 0.6 is 0 Å². The van der Waals surface area contributed by atoms with E-state index in [4.69, 9.17) is 0 Å². The Hall–Kier alpha value is -3.96. The zero-order valence-corrected chi connectivity index (χ0v) is 20.0. The van der Waals surface area contributed by atoms with Crippen molar-refractivity contribution in [2.75, 3.05) is 29.9 Å². The molecule has 194 valence electrons. The fraction of sp³-hybridized carbons (Fsp3) is 0.320. The Morgan fingerprint density at radius 3 is 2.57 bits per heavy atom. The van der Waals surface area contributed by atoms with Crippen molar-refractivity contribution in [2.45, 2.75) is 25.1 Å². The van der Waals surface area contributed by atoms with Crippen LogP contribution in [-0.4, -0.2) is 51.0 Å². The summed E-state index contributed by atoms with van der Waals surface area (Å²) < 4.78 is 69.8. The molecule has 0 unspecified atom stereocenters. The first-order chi connectivity index (χ1) is 17.6. The molecule has 0 spiro atoms. The topological polar surface area (TPSA) is 70.3 Å². The third-order valence-electron chi connectivity index (χ3n) is 6.60. The average Bonchev–Trinajstić information content (AvgIpc) is 3.46. The lowest BCUT2D eigenvalue weighted by molar-refractivity contribution is -0.140. The summed E-state index contributed by atoms with van der Waals surface area (Å²) >= 11 is 0. The number of aromatic hydroxyl groups is 1. The van der Waals surface area contributed by atoms with Gasteiger partial charge in [-0.15, -0.1) is 0 Å². The number of anilines is 2. The third kappa shape index (κ3) is 4.40. The molecule has 1 saturated heterocycles. The normalized spacial score (nSPS) is 16.1. The molecule has 1 fully saturated rings. The SMILES string of the molecule is CN(C[C@H]1CCCN1c1ccccc1)c1ncc2c(-c3cc(C(F)(F)F)c(F)c(O)c3F)nn(C)c2n1. The predicted octanol–water partition coefficient (Wildman–Crippen LogP) is 5.14. The summed E-state index contributed by atoms with van der Waals surface area (Å²) in [7, 11) is 3.34. The van der Waals surface area contributed by atoms with Gasteiger partial charge in [0.25, 0.3) is 0 Å². The Morgan fingerprint density at radius 1 is 1.14 bits per heavy atom. The number of hydrogen-bond acceptors (Lipinski definition) is 6. The number of likely N-dealkylation sites (N-methyl/N-ethyl adjacent to an activating group) is 1. The quantitative estimate of drug-likeness (QED) is 0.369. The molecule has 0 amide bonds. The number of alkyl halides is 3. The van der Waals surface area contributed by atoms with Gasteiger partial charge in [0.05, 0.1) is 10.9 Å². The predicted molar refractivity (Wildman–Crippen MR) is 128 cm³/mol. The minimum atomic E-state index is -5.14. The van der Waals surface area contributed by atoms with Gasteiger partial charge in [-0.2, -0.15) is 23.3 Å². The van der Waals surface area contributed by atoms with E-state index in [1.54, 1.807) is 0 Å². The van der Waals surface area contributed by atoms with Gasteiger partial charge in [0.2, 0.25) is 5.95 Å². The molecule has 7 nitrogen and oxygen atoms in total. The van der Waals surface area contributed by atoms with Gasteiger partial charge in [0, 0.05) is 50.7 Å². The van der Waals surface area contributed by atoms with E-state index >= 15 is 0 Å². The molecular formula is C25H23F5N6O. The first-order valence-corrected chi connectivity index (χ1v) is 11.6. The number of phenols is 1. The Labute approximate surface area is 208 Å². The number of benzene rings is 2. The maximum Gasteiger partial charge on any atom is 0.419 e. The number of aryl methyl sites for hydroxylation is 1. The molecule has 1 aliphatic heterocycles. The zero-order chi connectivity index (χ0) is 26.5. The number of rotatable bonds is 5. The van der Waals surface area contributed by atoms with E-state index in [1.165, 1.54) is 17.9 Å². The number of fused-ring (bicyclic) bond motifs is 1. The van der Waals surface area contributed by atoms with Crippen molar-refractivity contribution in [3.05, 3.63) is 59.8 Å². The maximum atomic E-state index is 14.7. The van der Waals surface area contributed by atoms with E-state index in [-0.39, 0.29) is 22.8 Å². The van der Waals surface area contributed by atoms with Gasteiger partial charge < -0.3 is 14.9 Å². The average molecular weight is 518 g/mol. The molecule has 1 atom stereocenters. The van der Waals surface area contributed by atoms with E-state index in [9.17, 15) is 27.1 Å². The molecule has 2 aromatic heterocycles. The molecule has 4 aromatic rings. The van der Waals surface area contributed by atoms with Crippen LogP contribution in [0.4, 0.5) is 33.6 Å². The molecule has 1 aliphatic rings. The molecule has 2 aromatic carbocycles. The molecule has 0 saturated carbocycles. The van der Waals surface area contributed by atoms with Gasteiger partial charge in [-0.1, -0.05) is 18.2 Å². The van der Waals surface area contributed by atoms with Crippen molar-refractivity contribution in [1.29, 1.82) is 0 Å². The number of hydrogen-bond donors (Lipinski definition) is 1. The highest BCUT2D eigenvalue weighted by Gasteiger charge is 2.38. The third-order valence-corrected chi connectivity index (χ3v) is 6.60. The number of para-hydroxylation sites is 1. The first kappa shape index (κ1) is 24.7. The van der Waals surface area contributed by atoms with Crippen LogP contribution in [0.15, 0.2) is 42.6 Å².